The van der Waals surface area contributed by atoms with Gasteiger partial charge in [-0.05, 0) is 11.1 Å². The second kappa shape index (κ2) is 6.86. The molecule has 6 nitrogen and oxygen atoms in total. The highest BCUT2D eigenvalue weighted by Crippen LogP contribution is 2.36. The van der Waals surface area contributed by atoms with Crippen LogP contribution in [-0.4, -0.2) is 29.6 Å². The summed E-state index contributed by atoms with van der Waals surface area (Å²) in [6.45, 7) is 0.684. The highest BCUT2D eigenvalue weighted by molar-refractivity contribution is 6.24. The molecule has 0 spiro atoms. The van der Waals surface area contributed by atoms with Crippen molar-refractivity contribution in [3.05, 3.63) is 71.4 Å². The van der Waals surface area contributed by atoms with Crippen LogP contribution < -0.4 is 0 Å². The maximum atomic E-state index is 5.50. The summed E-state index contributed by atoms with van der Waals surface area (Å²) < 4.78 is 10.1. The van der Waals surface area contributed by atoms with Crippen LogP contribution in [0.4, 0.5) is 0 Å². The van der Waals surface area contributed by atoms with Crippen molar-refractivity contribution >= 4 is 5.71 Å². The first-order valence-electron chi connectivity index (χ1n) is 8.06. The van der Waals surface area contributed by atoms with Gasteiger partial charge in [-0.15, -0.1) is 0 Å². The van der Waals surface area contributed by atoms with Crippen LogP contribution in [0.5, 0.6) is 0 Å². The van der Waals surface area contributed by atoms with Gasteiger partial charge in [-0.2, -0.15) is 4.98 Å². The van der Waals surface area contributed by atoms with Gasteiger partial charge in [-0.3, -0.25) is 0 Å². The predicted octanol–water partition coefficient (Wildman–Crippen LogP) is 3.21. The Morgan fingerprint density at radius 3 is 2.24 bits per heavy atom. The molecule has 1 aliphatic rings. The van der Waals surface area contributed by atoms with Gasteiger partial charge in [0.2, 0.25) is 0 Å². The van der Waals surface area contributed by atoms with Gasteiger partial charge in [0, 0.05) is 24.7 Å². The Balaban J connectivity index is 1.53. The third-order valence-electron chi connectivity index (χ3n) is 4.04. The number of fused-ring (bicyclic) bond motifs is 3. The lowest BCUT2D eigenvalue weighted by atomic mass is 10.1. The number of hydrogen-bond donors (Lipinski definition) is 0. The lowest BCUT2D eigenvalue weighted by Gasteiger charge is -2.01. The van der Waals surface area contributed by atoms with Gasteiger partial charge in [0.15, 0.2) is 12.4 Å². The summed E-state index contributed by atoms with van der Waals surface area (Å²) in [6, 6.07) is 16.3. The van der Waals surface area contributed by atoms with Crippen LogP contribution in [0.3, 0.4) is 0 Å². The Bertz CT molecular complexity index is 870. The van der Waals surface area contributed by atoms with E-state index in [9.17, 15) is 0 Å². The van der Waals surface area contributed by atoms with Crippen molar-refractivity contribution in [2.45, 2.75) is 13.0 Å². The Morgan fingerprint density at radius 2 is 1.60 bits per heavy atom. The molecule has 4 rings (SSSR count). The summed E-state index contributed by atoms with van der Waals surface area (Å²) in [7, 11) is 1.64. The molecule has 1 aromatic heterocycles. The van der Waals surface area contributed by atoms with Crippen molar-refractivity contribution < 1.29 is 14.1 Å². The summed E-state index contributed by atoms with van der Waals surface area (Å²) in [4.78, 5) is 9.74. The number of rotatable bonds is 6. The third-order valence-corrected chi connectivity index (χ3v) is 4.04. The molecule has 0 radical (unpaired) electrons. The highest BCUT2D eigenvalue weighted by Gasteiger charge is 2.24. The summed E-state index contributed by atoms with van der Waals surface area (Å²) in [6.07, 6.45) is 0.606. The normalized spacial score (nSPS) is 12.0. The van der Waals surface area contributed by atoms with Gasteiger partial charge >= 0.3 is 0 Å². The van der Waals surface area contributed by atoms with E-state index in [-0.39, 0.29) is 6.61 Å². The van der Waals surface area contributed by atoms with Gasteiger partial charge in [0.25, 0.3) is 5.89 Å². The molecule has 0 saturated heterocycles. The lowest BCUT2D eigenvalue weighted by molar-refractivity contribution is 0.106. The molecule has 0 N–H and O–H groups in total. The molecule has 3 aromatic rings. The Hall–Kier alpha value is -2.99. The second-order valence-corrected chi connectivity index (χ2v) is 5.65. The first-order chi connectivity index (χ1) is 12.4. The summed E-state index contributed by atoms with van der Waals surface area (Å²) in [5.41, 5.74) is 5.29. The second-order valence-electron chi connectivity index (χ2n) is 5.65. The van der Waals surface area contributed by atoms with E-state index in [1.165, 1.54) is 11.1 Å². The quantitative estimate of drug-likeness (QED) is 0.506. The number of methoxy groups -OCH3 is 1. The Kier molecular flexibility index (Phi) is 4.26. The molecule has 126 valence electrons. The Morgan fingerprint density at radius 1 is 0.960 bits per heavy atom. The molecule has 6 heteroatoms. The maximum absolute atomic E-state index is 5.50. The molecule has 0 bridgehead atoms. The smallest absolute Gasteiger partial charge is 0.267 e. The number of ether oxygens (including phenoxy) is 1. The van der Waals surface area contributed by atoms with Crippen LogP contribution in [0.15, 0.2) is 58.2 Å². The van der Waals surface area contributed by atoms with Crippen molar-refractivity contribution in [3.63, 3.8) is 0 Å². The first kappa shape index (κ1) is 15.5. The zero-order valence-corrected chi connectivity index (χ0v) is 13.8. The van der Waals surface area contributed by atoms with Crippen molar-refractivity contribution in [2.24, 2.45) is 5.16 Å². The monoisotopic (exact) mass is 335 g/mol. The molecule has 0 atom stereocenters. The van der Waals surface area contributed by atoms with E-state index in [4.69, 9.17) is 14.1 Å². The number of hydrogen-bond acceptors (Lipinski definition) is 6. The first-order valence-corrected chi connectivity index (χ1v) is 8.06. The minimum atomic E-state index is 0.133. The molecular weight excluding hydrogens is 318 g/mol. The molecule has 2 aromatic carbocycles. The van der Waals surface area contributed by atoms with Crippen molar-refractivity contribution in [1.82, 2.24) is 10.1 Å². The minimum absolute atomic E-state index is 0.133. The summed E-state index contributed by atoms with van der Waals surface area (Å²) in [5, 5.41) is 8.22. The molecule has 0 aliphatic heterocycles. The van der Waals surface area contributed by atoms with Crippen molar-refractivity contribution in [3.8, 4) is 11.1 Å². The Labute approximate surface area is 145 Å². The van der Waals surface area contributed by atoms with E-state index in [1.54, 1.807) is 7.11 Å². The van der Waals surface area contributed by atoms with Crippen molar-refractivity contribution in [2.75, 3.05) is 13.7 Å². The number of nitrogens with zero attached hydrogens (tertiary/aromatic N) is 3. The van der Waals surface area contributed by atoms with Gasteiger partial charge in [-0.1, -0.05) is 58.8 Å². The van der Waals surface area contributed by atoms with Crippen LogP contribution in [0.2, 0.25) is 0 Å². The average Bonchev–Trinajstić information content (AvgIpc) is 3.23. The van der Waals surface area contributed by atoms with E-state index < -0.39 is 0 Å². The third kappa shape index (κ3) is 3.04. The molecular formula is C19H17N3O3. The molecule has 1 aliphatic carbocycles. The predicted molar refractivity (Wildman–Crippen MR) is 92.2 cm³/mol. The van der Waals surface area contributed by atoms with Crippen LogP contribution in [-0.2, 0) is 22.6 Å². The van der Waals surface area contributed by atoms with E-state index in [0.717, 1.165) is 16.8 Å². The van der Waals surface area contributed by atoms with Crippen LogP contribution in [0.1, 0.15) is 22.8 Å². The largest absolute Gasteiger partial charge is 0.385 e. The molecule has 0 amide bonds. The van der Waals surface area contributed by atoms with Gasteiger partial charge in [0.05, 0.1) is 6.61 Å². The zero-order valence-electron chi connectivity index (χ0n) is 13.8. The standard InChI is InChI=1S/C19H17N3O3/c1-23-11-10-17-20-18(25-21-17)12-24-22-19-15-8-4-2-6-13(15)14-7-3-5-9-16(14)19/h2-9H,10-12H2,1H3. The minimum Gasteiger partial charge on any atom is -0.385 e. The van der Waals surface area contributed by atoms with Crippen LogP contribution in [0.25, 0.3) is 11.1 Å². The fourth-order valence-electron chi connectivity index (χ4n) is 2.89. The number of benzene rings is 2. The lowest BCUT2D eigenvalue weighted by Crippen LogP contribution is -2.00. The van der Waals surface area contributed by atoms with Crippen molar-refractivity contribution in [1.29, 1.82) is 0 Å². The summed E-state index contributed by atoms with van der Waals surface area (Å²) >= 11 is 0. The molecule has 1 heterocycles. The molecule has 0 fully saturated rings. The fraction of sp³-hybridized carbons (Fsp3) is 0.211. The molecule has 0 unspecified atom stereocenters. The zero-order chi connectivity index (χ0) is 17.1. The van der Waals surface area contributed by atoms with Gasteiger partial charge < -0.3 is 14.1 Å². The van der Waals surface area contributed by atoms with E-state index in [1.807, 2.05) is 36.4 Å². The topological polar surface area (TPSA) is 69.7 Å². The van der Waals surface area contributed by atoms with E-state index in [2.05, 4.69) is 27.4 Å². The fourth-order valence-corrected chi connectivity index (χ4v) is 2.89. The summed E-state index contributed by atoms with van der Waals surface area (Å²) in [5.74, 6) is 1.000. The number of oxime groups is 1. The average molecular weight is 335 g/mol. The number of aromatic nitrogens is 2. The van der Waals surface area contributed by atoms with E-state index in [0.29, 0.717) is 24.7 Å². The van der Waals surface area contributed by atoms with Gasteiger partial charge in [-0.25, -0.2) is 0 Å². The maximum Gasteiger partial charge on any atom is 0.267 e. The van der Waals surface area contributed by atoms with E-state index >= 15 is 0 Å². The highest BCUT2D eigenvalue weighted by atomic mass is 16.6. The van der Waals surface area contributed by atoms with Crippen LogP contribution >= 0.6 is 0 Å². The van der Waals surface area contributed by atoms with Gasteiger partial charge in [0.1, 0.15) is 5.71 Å². The molecule has 25 heavy (non-hydrogen) atoms. The SMILES string of the molecule is COCCc1noc(CON=C2c3ccccc3-c3ccccc32)n1. The van der Waals surface area contributed by atoms with Crippen LogP contribution in [0, 0.1) is 0 Å². The molecule has 0 saturated carbocycles.